The van der Waals surface area contributed by atoms with Crippen molar-refractivity contribution in [2.24, 2.45) is 0 Å². The van der Waals surface area contributed by atoms with Gasteiger partial charge in [0.25, 0.3) is 0 Å². The van der Waals surface area contributed by atoms with Crippen LogP contribution in [0.15, 0.2) is 12.2 Å². The molecule has 0 aromatic carbocycles. The van der Waals surface area contributed by atoms with Crippen molar-refractivity contribution >= 4 is 23.5 Å². The average Bonchev–Trinajstić information content (AvgIpc) is 1.91. The van der Waals surface area contributed by atoms with Gasteiger partial charge in [0.1, 0.15) is 0 Å². The van der Waals surface area contributed by atoms with Gasteiger partial charge in [-0.05, 0) is 24.9 Å². The van der Waals surface area contributed by atoms with Crippen LogP contribution in [0.4, 0.5) is 0 Å². The van der Waals surface area contributed by atoms with Crippen molar-refractivity contribution < 1.29 is 0 Å². The molecule has 0 N–H and O–H groups in total. The lowest BCUT2D eigenvalue weighted by atomic mass is 10.6. The Morgan fingerprint density at radius 2 is 2.00 bits per heavy atom. The van der Waals surface area contributed by atoms with Gasteiger partial charge in [0, 0.05) is 0 Å². The predicted molar refractivity (Wildman–Crippen MR) is 48.1 cm³/mol. The molecule has 1 saturated heterocycles. The minimum absolute atomic E-state index is 0.753. The number of allylic oxidation sites excluding steroid dienone is 1. The van der Waals surface area contributed by atoms with E-state index in [2.05, 4.69) is 42.6 Å². The highest BCUT2D eigenvalue weighted by Crippen LogP contribution is 2.30. The van der Waals surface area contributed by atoms with Crippen LogP contribution in [0.3, 0.4) is 0 Å². The summed E-state index contributed by atoms with van der Waals surface area (Å²) in [7, 11) is 0. The summed E-state index contributed by atoms with van der Waals surface area (Å²) >= 11 is 4.13. The molecule has 1 aliphatic heterocycles. The van der Waals surface area contributed by atoms with E-state index in [9.17, 15) is 0 Å². The number of rotatable bonds is 1. The molecule has 0 saturated carbocycles. The van der Waals surface area contributed by atoms with E-state index in [1.807, 2.05) is 0 Å². The number of thioether (sulfide) groups is 2. The van der Waals surface area contributed by atoms with E-state index in [4.69, 9.17) is 0 Å². The Hall–Kier alpha value is 0.440. The molecular weight excluding hydrogens is 148 g/mol. The smallest absolute Gasteiger partial charge is 0.0682 e. The highest BCUT2D eigenvalue weighted by molar-refractivity contribution is 8.17. The van der Waals surface area contributed by atoms with Crippen LogP contribution in [0.25, 0.3) is 0 Å². The molecule has 0 spiro atoms. The van der Waals surface area contributed by atoms with Crippen LogP contribution in [0.1, 0.15) is 13.3 Å². The topological polar surface area (TPSA) is 0 Å². The van der Waals surface area contributed by atoms with Crippen LogP contribution < -0.4 is 0 Å². The fraction of sp³-hybridized carbons (Fsp3) is 0.714. The zero-order valence-corrected chi connectivity index (χ0v) is 7.30. The summed E-state index contributed by atoms with van der Waals surface area (Å²) in [6.07, 6.45) is 5.83. The Morgan fingerprint density at radius 3 is 2.56 bits per heavy atom. The van der Waals surface area contributed by atoms with Crippen molar-refractivity contribution in [3.8, 4) is 0 Å². The fourth-order valence-corrected chi connectivity index (χ4v) is 3.54. The normalized spacial score (nSPS) is 23.2. The first kappa shape index (κ1) is 7.55. The predicted octanol–water partition coefficient (Wildman–Crippen LogP) is 2.76. The molecular formula is C7H12S2. The van der Waals surface area contributed by atoms with Gasteiger partial charge in [0.05, 0.1) is 4.58 Å². The highest BCUT2D eigenvalue weighted by atomic mass is 32.2. The van der Waals surface area contributed by atoms with E-state index < -0.39 is 0 Å². The molecule has 1 aliphatic rings. The minimum Gasteiger partial charge on any atom is -0.143 e. The lowest BCUT2D eigenvalue weighted by molar-refractivity contribution is 1.11. The average molecular weight is 160 g/mol. The van der Waals surface area contributed by atoms with Crippen LogP contribution in [-0.2, 0) is 0 Å². The lowest BCUT2D eigenvalue weighted by Gasteiger charge is -2.16. The third-order valence-electron chi connectivity index (χ3n) is 1.20. The molecule has 1 heterocycles. The molecule has 1 fully saturated rings. The van der Waals surface area contributed by atoms with Gasteiger partial charge in [-0.25, -0.2) is 0 Å². The van der Waals surface area contributed by atoms with Crippen LogP contribution in [-0.4, -0.2) is 16.1 Å². The minimum atomic E-state index is 0.753. The van der Waals surface area contributed by atoms with Gasteiger partial charge in [-0.3, -0.25) is 0 Å². The molecule has 0 aromatic rings. The summed E-state index contributed by atoms with van der Waals surface area (Å²) in [5.41, 5.74) is 0. The quantitative estimate of drug-likeness (QED) is 0.541. The molecule has 0 nitrogen and oxygen atoms in total. The van der Waals surface area contributed by atoms with Crippen LogP contribution in [0.2, 0.25) is 0 Å². The third-order valence-corrected chi connectivity index (χ3v) is 4.04. The molecule has 0 bridgehead atoms. The Kier molecular flexibility index (Phi) is 3.59. The second-order valence-corrected chi connectivity index (χ2v) is 4.79. The largest absolute Gasteiger partial charge is 0.143 e. The van der Waals surface area contributed by atoms with Crippen molar-refractivity contribution in [3.05, 3.63) is 12.2 Å². The molecule has 0 aliphatic carbocycles. The summed E-state index contributed by atoms with van der Waals surface area (Å²) in [4.78, 5) is 0. The number of hydrogen-bond donors (Lipinski definition) is 0. The van der Waals surface area contributed by atoms with E-state index >= 15 is 0 Å². The lowest BCUT2D eigenvalue weighted by Crippen LogP contribution is -2.02. The van der Waals surface area contributed by atoms with Crippen molar-refractivity contribution in [1.82, 2.24) is 0 Å². The molecule has 9 heavy (non-hydrogen) atoms. The summed E-state index contributed by atoms with van der Waals surface area (Å²) in [6, 6.07) is 0. The van der Waals surface area contributed by atoms with Crippen LogP contribution >= 0.6 is 23.5 Å². The van der Waals surface area contributed by atoms with Crippen molar-refractivity contribution in [3.63, 3.8) is 0 Å². The second-order valence-electron chi connectivity index (χ2n) is 1.99. The first-order chi connectivity index (χ1) is 4.43. The molecule has 0 unspecified atom stereocenters. The monoisotopic (exact) mass is 160 g/mol. The molecule has 2 heteroatoms. The van der Waals surface area contributed by atoms with Gasteiger partial charge in [-0.1, -0.05) is 12.2 Å². The first-order valence-electron chi connectivity index (χ1n) is 3.29. The van der Waals surface area contributed by atoms with Gasteiger partial charge < -0.3 is 0 Å². The zero-order chi connectivity index (χ0) is 6.53. The molecule has 52 valence electrons. The maximum Gasteiger partial charge on any atom is 0.0682 e. The van der Waals surface area contributed by atoms with Crippen molar-refractivity contribution in [2.45, 2.75) is 17.9 Å². The van der Waals surface area contributed by atoms with Crippen molar-refractivity contribution in [2.75, 3.05) is 11.5 Å². The maximum atomic E-state index is 2.29. The van der Waals surface area contributed by atoms with Gasteiger partial charge in [0.2, 0.25) is 0 Å². The summed E-state index contributed by atoms with van der Waals surface area (Å²) in [5, 5.41) is 0. The highest BCUT2D eigenvalue weighted by Gasteiger charge is 2.09. The standard InChI is InChI=1S/C7H12S2/c1-2-4-7-8-5-3-6-9-7/h2,4,7H,3,5-6H2,1H3/b4-2-. The van der Waals surface area contributed by atoms with Crippen LogP contribution in [0.5, 0.6) is 0 Å². The Morgan fingerprint density at radius 1 is 1.33 bits per heavy atom. The van der Waals surface area contributed by atoms with E-state index in [0.717, 1.165) is 4.58 Å². The summed E-state index contributed by atoms with van der Waals surface area (Å²) < 4.78 is 0.753. The molecule has 1 rings (SSSR count). The fourth-order valence-electron chi connectivity index (χ4n) is 0.774. The van der Waals surface area contributed by atoms with Gasteiger partial charge in [-0.15, -0.1) is 23.5 Å². The van der Waals surface area contributed by atoms with Gasteiger partial charge in [-0.2, -0.15) is 0 Å². The Balaban J connectivity index is 2.23. The van der Waals surface area contributed by atoms with Crippen molar-refractivity contribution in [1.29, 1.82) is 0 Å². The van der Waals surface area contributed by atoms with E-state index in [0.29, 0.717) is 0 Å². The van der Waals surface area contributed by atoms with Gasteiger partial charge >= 0.3 is 0 Å². The van der Waals surface area contributed by atoms with E-state index in [1.165, 1.54) is 17.9 Å². The second kappa shape index (κ2) is 4.29. The summed E-state index contributed by atoms with van der Waals surface area (Å²) in [6.45, 7) is 2.09. The Labute approximate surface area is 65.5 Å². The molecule has 0 aromatic heterocycles. The van der Waals surface area contributed by atoms with Crippen LogP contribution in [0, 0.1) is 0 Å². The van der Waals surface area contributed by atoms with E-state index in [-0.39, 0.29) is 0 Å². The molecule has 0 radical (unpaired) electrons. The zero-order valence-electron chi connectivity index (χ0n) is 5.67. The summed E-state index contributed by atoms with van der Waals surface area (Å²) in [5.74, 6) is 2.70. The molecule has 0 amide bonds. The number of hydrogen-bond acceptors (Lipinski definition) is 2. The third kappa shape index (κ3) is 2.67. The molecule has 0 atom stereocenters. The SMILES string of the molecule is C/C=C\C1SCCCS1. The van der Waals surface area contributed by atoms with E-state index in [1.54, 1.807) is 0 Å². The Bertz CT molecular complexity index is 93.1. The first-order valence-corrected chi connectivity index (χ1v) is 5.39. The maximum absolute atomic E-state index is 2.29. The van der Waals surface area contributed by atoms with Gasteiger partial charge in [0.15, 0.2) is 0 Å².